The Hall–Kier alpha value is -1.54. The fraction of sp³-hybridized carbons (Fsp3) is 0.500. The first kappa shape index (κ1) is 16.5. The van der Waals surface area contributed by atoms with Gasteiger partial charge < -0.3 is 19.7 Å². The second kappa shape index (κ2) is 10.3. The molecule has 110 valence electrons. The van der Waals surface area contributed by atoms with Crippen molar-refractivity contribution in [3.8, 4) is 18.1 Å². The fourth-order valence-electron chi connectivity index (χ4n) is 1.76. The lowest BCUT2D eigenvalue weighted by Gasteiger charge is -2.16. The van der Waals surface area contributed by atoms with Gasteiger partial charge in [-0.2, -0.15) is 0 Å². The monoisotopic (exact) mass is 276 g/mol. The molecule has 0 amide bonds. The van der Waals surface area contributed by atoms with E-state index in [4.69, 9.17) is 15.9 Å². The summed E-state index contributed by atoms with van der Waals surface area (Å²) in [5, 5.41) is 3.41. The Balaban J connectivity index is 2.29. The summed E-state index contributed by atoms with van der Waals surface area (Å²) in [5.74, 6) is 3.34. The minimum atomic E-state index is 0.302. The van der Waals surface area contributed by atoms with Crippen LogP contribution in [0.4, 0.5) is 0 Å². The maximum Gasteiger partial charge on any atom is 0.148 e. The van der Waals surface area contributed by atoms with E-state index in [9.17, 15) is 0 Å². The Morgan fingerprint density at radius 1 is 1.30 bits per heavy atom. The Labute approximate surface area is 122 Å². The van der Waals surface area contributed by atoms with Crippen LogP contribution in [0, 0.1) is 12.3 Å². The zero-order valence-corrected chi connectivity index (χ0v) is 12.4. The van der Waals surface area contributed by atoms with Crippen molar-refractivity contribution >= 4 is 0 Å². The van der Waals surface area contributed by atoms with Crippen molar-refractivity contribution in [1.29, 1.82) is 0 Å². The van der Waals surface area contributed by atoms with Crippen LogP contribution in [-0.2, 0) is 11.3 Å². The van der Waals surface area contributed by atoms with Crippen LogP contribution < -0.4 is 10.1 Å². The van der Waals surface area contributed by atoms with Crippen molar-refractivity contribution < 1.29 is 9.47 Å². The van der Waals surface area contributed by atoms with Crippen LogP contribution in [0.15, 0.2) is 24.3 Å². The number of para-hydroxylation sites is 1. The number of ether oxygens (including phenoxy) is 2. The zero-order valence-electron chi connectivity index (χ0n) is 12.4. The smallest absolute Gasteiger partial charge is 0.148 e. The highest BCUT2D eigenvalue weighted by Gasteiger charge is 2.02. The number of likely N-dealkylation sites (N-methyl/N-ethyl adjacent to an activating group) is 1. The highest BCUT2D eigenvalue weighted by Crippen LogP contribution is 2.17. The molecule has 0 heterocycles. The normalized spacial score (nSPS) is 10.5. The summed E-state index contributed by atoms with van der Waals surface area (Å²) in [7, 11) is 3.81. The van der Waals surface area contributed by atoms with Gasteiger partial charge in [-0.15, -0.1) is 6.42 Å². The van der Waals surface area contributed by atoms with Gasteiger partial charge in [-0.1, -0.05) is 24.1 Å². The van der Waals surface area contributed by atoms with Gasteiger partial charge in [0.05, 0.1) is 6.61 Å². The topological polar surface area (TPSA) is 33.7 Å². The molecule has 0 aromatic heterocycles. The van der Waals surface area contributed by atoms with Crippen molar-refractivity contribution in [3.63, 3.8) is 0 Å². The molecule has 0 saturated carbocycles. The Kier molecular flexibility index (Phi) is 8.48. The van der Waals surface area contributed by atoms with Crippen LogP contribution in [0.1, 0.15) is 5.56 Å². The lowest BCUT2D eigenvalue weighted by Crippen LogP contribution is -2.31. The Bertz CT molecular complexity index is 415. The van der Waals surface area contributed by atoms with E-state index in [1.54, 1.807) is 7.11 Å². The molecule has 0 fully saturated rings. The molecule has 1 N–H and O–H groups in total. The molecule has 0 unspecified atom stereocenters. The van der Waals surface area contributed by atoms with Crippen LogP contribution in [0.25, 0.3) is 0 Å². The van der Waals surface area contributed by atoms with Gasteiger partial charge in [-0.3, -0.25) is 0 Å². The average Bonchev–Trinajstić information content (AvgIpc) is 2.48. The molecule has 0 spiro atoms. The summed E-state index contributed by atoms with van der Waals surface area (Å²) in [4.78, 5) is 2.23. The third kappa shape index (κ3) is 6.58. The van der Waals surface area contributed by atoms with E-state index in [1.165, 1.54) is 0 Å². The highest BCUT2D eigenvalue weighted by molar-refractivity contribution is 5.33. The molecule has 0 radical (unpaired) electrons. The van der Waals surface area contributed by atoms with Gasteiger partial charge in [-0.25, -0.2) is 0 Å². The molecule has 0 aliphatic carbocycles. The number of hydrogen-bond acceptors (Lipinski definition) is 4. The summed E-state index contributed by atoms with van der Waals surface area (Å²) >= 11 is 0. The quantitative estimate of drug-likeness (QED) is 0.517. The molecule has 4 heteroatoms. The number of nitrogens with one attached hydrogen (secondary N) is 1. The molecule has 1 aromatic rings. The van der Waals surface area contributed by atoms with E-state index < -0.39 is 0 Å². The predicted molar refractivity (Wildman–Crippen MR) is 81.8 cm³/mol. The number of nitrogens with zero attached hydrogens (tertiary/aromatic N) is 1. The van der Waals surface area contributed by atoms with Crippen molar-refractivity contribution in [2.24, 2.45) is 0 Å². The van der Waals surface area contributed by atoms with E-state index >= 15 is 0 Å². The SMILES string of the molecule is C#CCOc1ccccc1CNCCN(C)CCOC. The molecule has 4 nitrogen and oxygen atoms in total. The highest BCUT2D eigenvalue weighted by atomic mass is 16.5. The third-order valence-electron chi connectivity index (χ3n) is 2.95. The number of terminal acetylenes is 1. The molecule has 0 bridgehead atoms. The maximum atomic E-state index is 5.51. The van der Waals surface area contributed by atoms with Gasteiger partial charge in [0.2, 0.25) is 0 Å². The summed E-state index contributed by atoms with van der Waals surface area (Å²) < 4.78 is 10.6. The van der Waals surface area contributed by atoms with Gasteiger partial charge in [0.15, 0.2) is 0 Å². The lowest BCUT2D eigenvalue weighted by atomic mass is 10.2. The first-order valence-corrected chi connectivity index (χ1v) is 6.80. The maximum absolute atomic E-state index is 5.51. The molecule has 0 aliphatic heterocycles. The first-order chi connectivity index (χ1) is 9.77. The van der Waals surface area contributed by atoms with Gasteiger partial charge in [0, 0.05) is 38.9 Å². The molecular formula is C16H24N2O2. The van der Waals surface area contributed by atoms with E-state index in [-0.39, 0.29) is 0 Å². The van der Waals surface area contributed by atoms with E-state index in [2.05, 4.69) is 23.2 Å². The summed E-state index contributed by atoms with van der Waals surface area (Å²) in [5.41, 5.74) is 1.13. The van der Waals surface area contributed by atoms with Crippen LogP contribution in [-0.4, -0.2) is 51.9 Å². The molecule has 1 aromatic carbocycles. The van der Waals surface area contributed by atoms with Gasteiger partial charge in [-0.05, 0) is 13.1 Å². The molecule has 0 saturated heterocycles. The van der Waals surface area contributed by atoms with Crippen molar-refractivity contribution in [1.82, 2.24) is 10.2 Å². The van der Waals surface area contributed by atoms with Gasteiger partial charge >= 0.3 is 0 Å². The minimum absolute atomic E-state index is 0.302. The molecule has 0 aliphatic rings. The molecule has 20 heavy (non-hydrogen) atoms. The van der Waals surface area contributed by atoms with Crippen molar-refractivity contribution in [2.45, 2.75) is 6.54 Å². The standard InChI is InChI=1S/C16H24N2O2/c1-4-12-20-16-8-6-5-7-15(16)14-17-9-10-18(2)11-13-19-3/h1,5-8,17H,9-14H2,2-3H3. The predicted octanol–water partition coefficient (Wildman–Crippen LogP) is 1.37. The van der Waals surface area contributed by atoms with Gasteiger partial charge in [0.1, 0.15) is 12.4 Å². The van der Waals surface area contributed by atoms with E-state index in [1.807, 2.05) is 24.3 Å². The third-order valence-corrected chi connectivity index (χ3v) is 2.95. The minimum Gasteiger partial charge on any atom is -0.481 e. The van der Waals surface area contributed by atoms with E-state index in [0.29, 0.717) is 6.61 Å². The summed E-state index contributed by atoms with van der Waals surface area (Å²) in [6, 6.07) is 7.95. The van der Waals surface area contributed by atoms with E-state index in [0.717, 1.165) is 44.1 Å². The van der Waals surface area contributed by atoms with Crippen LogP contribution in [0.3, 0.4) is 0 Å². The van der Waals surface area contributed by atoms with Crippen LogP contribution in [0.2, 0.25) is 0 Å². The number of benzene rings is 1. The Morgan fingerprint density at radius 3 is 2.85 bits per heavy atom. The zero-order chi connectivity index (χ0) is 14.6. The van der Waals surface area contributed by atoms with Crippen LogP contribution >= 0.6 is 0 Å². The summed E-state index contributed by atoms with van der Waals surface area (Å²) in [6.45, 7) is 4.69. The number of methoxy groups -OCH3 is 1. The average molecular weight is 276 g/mol. The Morgan fingerprint density at radius 2 is 2.10 bits per heavy atom. The molecule has 0 atom stereocenters. The van der Waals surface area contributed by atoms with Crippen molar-refractivity contribution in [2.75, 3.05) is 47.0 Å². The second-order valence-corrected chi connectivity index (χ2v) is 4.57. The first-order valence-electron chi connectivity index (χ1n) is 6.80. The second-order valence-electron chi connectivity index (χ2n) is 4.57. The van der Waals surface area contributed by atoms with Crippen molar-refractivity contribution in [3.05, 3.63) is 29.8 Å². The van der Waals surface area contributed by atoms with Gasteiger partial charge in [0.25, 0.3) is 0 Å². The molecule has 1 rings (SSSR count). The fourth-order valence-corrected chi connectivity index (χ4v) is 1.76. The number of hydrogen-bond donors (Lipinski definition) is 1. The number of rotatable bonds is 10. The van der Waals surface area contributed by atoms with Crippen LogP contribution in [0.5, 0.6) is 5.75 Å². The summed E-state index contributed by atoms with van der Waals surface area (Å²) in [6.07, 6.45) is 5.21. The molecular weight excluding hydrogens is 252 g/mol. The lowest BCUT2D eigenvalue weighted by molar-refractivity contribution is 0.161. The largest absolute Gasteiger partial charge is 0.481 e.